The highest BCUT2D eigenvalue weighted by Crippen LogP contribution is 2.34. The van der Waals surface area contributed by atoms with E-state index in [0.29, 0.717) is 25.3 Å². The number of likely N-dealkylation sites (tertiary alicyclic amines) is 1. The lowest BCUT2D eigenvalue weighted by molar-refractivity contribution is 0.0768. The number of hydrogen-bond donors (Lipinski definition) is 1. The Kier molecular flexibility index (Phi) is 4.57. The summed E-state index contributed by atoms with van der Waals surface area (Å²) in [6.07, 6.45) is 2.44. The van der Waals surface area contributed by atoms with Crippen molar-refractivity contribution in [1.82, 2.24) is 19.9 Å². The van der Waals surface area contributed by atoms with Gasteiger partial charge in [0.25, 0.3) is 5.91 Å². The number of aliphatic hydroxyl groups is 1. The van der Waals surface area contributed by atoms with Gasteiger partial charge in [-0.05, 0) is 23.4 Å². The first-order valence-corrected chi connectivity index (χ1v) is 9.46. The second kappa shape index (κ2) is 7.01. The molecule has 0 radical (unpaired) electrons. The van der Waals surface area contributed by atoms with Crippen LogP contribution >= 0.6 is 11.3 Å². The molecule has 1 unspecified atom stereocenters. The molecule has 1 aliphatic rings. The van der Waals surface area contributed by atoms with Gasteiger partial charge in [-0.15, -0.1) is 16.4 Å². The zero-order valence-electron chi connectivity index (χ0n) is 14.3. The van der Waals surface area contributed by atoms with E-state index in [4.69, 9.17) is 0 Å². The van der Waals surface area contributed by atoms with Crippen molar-refractivity contribution < 1.29 is 9.90 Å². The average molecular weight is 368 g/mol. The third-order valence-corrected chi connectivity index (χ3v) is 5.85. The van der Waals surface area contributed by atoms with E-state index in [1.165, 1.54) is 4.88 Å². The molecule has 7 heteroatoms. The van der Waals surface area contributed by atoms with Crippen molar-refractivity contribution in [1.29, 1.82) is 0 Å². The standard InChI is InChI=1S/C19H20N4O2S/c24-14-19(15-5-2-1-3-6-15)8-9-22(13-19)18(25)17-12-23(21-20-17)11-16-7-4-10-26-16/h1-7,10,12,24H,8-9,11,13-14H2. The monoisotopic (exact) mass is 368 g/mol. The number of thiophene rings is 1. The predicted octanol–water partition coefficient (Wildman–Crippen LogP) is 2.16. The maximum atomic E-state index is 12.8. The first kappa shape index (κ1) is 16.9. The number of amides is 1. The number of aliphatic hydroxyl groups excluding tert-OH is 1. The van der Waals surface area contributed by atoms with E-state index < -0.39 is 5.41 Å². The third-order valence-electron chi connectivity index (χ3n) is 4.99. The van der Waals surface area contributed by atoms with E-state index in [9.17, 15) is 9.90 Å². The molecule has 6 nitrogen and oxygen atoms in total. The molecule has 4 rings (SSSR count). The van der Waals surface area contributed by atoms with Crippen LogP contribution in [0.4, 0.5) is 0 Å². The lowest BCUT2D eigenvalue weighted by Crippen LogP contribution is -2.37. The highest BCUT2D eigenvalue weighted by atomic mass is 32.1. The topological polar surface area (TPSA) is 71.2 Å². The molecule has 3 aromatic rings. The van der Waals surface area contributed by atoms with Crippen molar-refractivity contribution in [2.24, 2.45) is 0 Å². The molecule has 0 aliphatic carbocycles. The molecular weight excluding hydrogens is 348 g/mol. The van der Waals surface area contributed by atoms with Gasteiger partial charge in [0.2, 0.25) is 0 Å². The molecule has 3 heterocycles. The highest BCUT2D eigenvalue weighted by molar-refractivity contribution is 7.09. The van der Waals surface area contributed by atoms with Crippen LogP contribution < -0.4 is 0 Å². The van der Waals surface area contributed by atoms with E-state index in [2.05, 4.69) is 10.3 Å². The molecule has 0 bridgehead atoms. The fourth-order valence-electron chi connectivity index (χ4n) is 3.49. The van der Waals surface area contributed by atoms with Gasteiger partial charge in [-0.1, -0.05) is 41.6 Å². The van der Waals surface area contributed by atoms with Crippen LogP contribution in [0.5, 0.6) is 0 Å². The summed E-state index contributed by atoms with van der Waals surface area (Å²) in [6, 6.07) is 13.9. The minimum Gasteiger partial charge on any atom is -0.395 e. The van der Waals surface area contributed by atoms with Gasteiger partial charge in [-0.3, -0.25) is 4.79 Å². The number of aromatic nitrogens is 3. The quantitative estimate of drug-likeness (QED) is 0.749. The molecule has 26 heavy (non-hydrogen) atoms. The number of nitrogens with zero attached hydrogens (tertiary/aromatic N) is 4. The zero-order valence-corrected chi connectivity index (χ0v) is 15.1. The molecule has 2 aromatic heterocycles. The highest BCUT2D eigenvalue weighted by Gasteiger charge is 2.41. The summed E-state index contributed by atoms with van der Waals surface area (Å²) >= 11 is 1.65. The van der Waals surface area contributed by atoms with Crippen LogP contribution in [-0.2, 0) is 12.0 Å². The molecule has 0 saturated carbocycles. The summed E-state index contributed by atoms with van der Waals surface area (Å²) in [5, 5.41) is 20.2. The van der Waals surface area contributed by atoms with Crippen molar-refractivity contribution in [3.05, 3.63) is 70.2 Å². The molecule has 1 fully saturated rings. The Labute approximate surface area is 155 Å². The van der Waals surface area contributed by atoms with Crippen molar-refractivity contribution in [2.75, 3.05) is 19.7 Å². The van der Waals surface area contributed by atoms with Gasteiger partial charge in [0.15, 0.2) is 5.69 Å². The fraction of sp³-hybridized carbons (Fsp3) is 0.316. The van der Waals surface area contributed by atoms with Crippen molar-refractivity contribution in [2.45, 2.75) is 18.4 Å². The lowest BCUT2D eigenvalue weighted by Gasteiger charge is -2.27. The van der Waals surface area contributed by atoms with Gasteiger partial charge in [0.1, 0.15) is 0 Å². The van der Waals surface area contributed by atoms with Crippen LogP contribution in [0.25, 0.3) is 0 Å². The molecular formula is C19H20N4O2S. The van der Waals surface area contributed by atoms with Crippen molar-refractivity contribution in [3.63, 3.8) is 0 Å². The Hall–Kier alpha value is -2.51. The summed E-state index contributed by atoms with van der Waals surface area (Å²) in [5.41, 5.74) is 1.02. The number of rotatable bonds is 5. The molecule has 1 saturated heterocycles. The molecule has 1 amide bonds. The maximum absolute atomic E-state index is 12.8. The third kappa shape index (κ3) is 3.15. The Morgan fingerprint density at radius 3 is 2.81 bits per heavy atom. The van der Waals surface area contributed by atoms with E-state index in [0.717, 1.165) is 12.0 Å². The van der Waals surface area contributed by atoms with Crippen LogP contribution in [0.15, 0.2) is 54.0 Å². The Morgan fingerprint density at radius 2 is 2.08 bits per heavy atom. The van der Waals surface area contributed by atoms with E-state index in [1.807, 2.05) is 47.8 Å². The summed E-state index contributed by atoms with van der Waals surface area (Å²) in [7, 11) is 0. The lowest BCUT2D eigenvalue weighted by atomic mass is 9.80. The summed E-state index contributed by atoms with van der Waals surface area (Å²) < 4.78 is 1.69. The molecule has 134 valence electrons. The largest absolute Gasteiger partial charge is 0.395 e. The predicted molar refractivity (Wildman–Crippen MR) is 99.2 cm³/mol. The van der Waals surface area contributed by atoms with Crippen LogP contribution in [0, 0.1) is 0 Å². The molecule has 1 N–H and O–H groups in total. The van der Waals surface area contributed by atoms with Crippen molar-refractivity contribution in [3.8, 4) is 0 Å². The van der Waals surface area contributed by atoms with Crippen LogP contribution in [0.1, 0.15) is 27.3 Å². The van der Waals surface area contributed by atoms with Gasteiger partial charge < -0.3 is 10.0 Å². The van der Waals surface area contributed by atoms with Gasteiger partial charge in [0.05, 0.1) is 19.3 Å². The van der Waals surface area contributed by atoms with Crippen molar-refractivity contribution >= 4 is 17.2 Å². The minimum absolute atomic E-state index is 0.0197. The van der Waals surface area contributed by atoms with Gasteiger partial charge in [0, 0.05) is 23.4 Å². The second-order valence-corrected chi connectivity index (χ2v) is 7.69. The summed E-state index contributed by atoms with van der Waals surface area (Å²) in [6.45, 7) is 1.73. The molecule has 0 spiro atoms. The average Bonchev–Trinajstić information content (AvgIpc) is 3.44. The smallest absolute Gasteiger partial charge is 0.276 e. The van der Waals surface area contributed by atoms with Crippen LogP contribution in [-0.4, -0.2) is 50.6 Å². The van der Waals surface area contributed by atoms with Crippen LogP contribution in [0.2, 0.25) is 0 Å². The number of carbonyl (C=O) groups excluding carboxylic acids is 1. The zero-order chi connectivity index (χ0) is 18.0. The minimum atomic E-state index is -0.399. The fourth-order valence-corrected chi connectivity index (χ4v) is 4.19. The van der Waals surface area contributed by atoms with Gasteiger partial charge in [-0.25, -0.2) is 4.68 Å². The number of hydrogen-bond acceptors (Lipinski definition) is 5. The SMILES string of the molecule is O=C(c1cn(Cc2cccs2)nn1)N1CCC(CO)(c2ccccc2)C1. The van der Waals surface area contributed by atoms with E-state index in [-0.39, 0.29) is 12.5 Å². The Bertz CT molecular complexity index is 878. The second-order valence-electron chi connectivity index (χ2n) is 6.66. The molecule has 1 atom stereocenters. The van der Waals surface area contributed by atoms with E-state index in [1.54, 1.807) is 27.1 Å². The molecule has 1 aromatic carbocycles. The Balaban J connectivity index is 1.48. The maximum Gasteiger partial charge on any atom is 0.276 e. The van der Waals surface area contributed by atoms with Gasteiger partial charge in [-0.2, -0.15) is 0 Å². The summed E-state index contributed by atoms with van der Waals surface area (Å²) in [5.74, 6) is -0.131. The summed E-state index contributed by atoms with van der Waals surface area (Å²) in [4.78, 5) is 15.8. The molecule has 1 aliphatic heterocycles. The first-order chi connectivity index (χ1) is 12.7. The number of carbonyl (C=O) groups is 1. The van der Waals surface area contributed by atoms with Crippen LogP contribution in [0.3, 0.4) is 0 Å². The van der Waals surface area contributed by atoms with Gasteiger partial charge >= 0.3 is 0 Å². The normalized spacial score (nSPS) is 19.8. The number of benzene rings is 1. The first-order valence-electron chi connectivity index (χ1n) is 8.58. The van der Waals surface area contributed by atoms with E-state index >= 15 is 0 Å². The Morgan fingerprint density at radius 1 is 1.23 bits per heavy atom.